The van der Waals surface area contributed by atoms with E-state index in [2.05, 4.69) is 78.9 Å². The van der Waals surface area contributed by atoms with Gasteiger partial charge in [-0.25, -0.2) is 18.1 Å². The third kappa shape index (κ3) is 11.4. The van der Waals surface area contributed by atoms with Crippen LogP contribution in [-0.4, -0.2) is 109 Å². The van der Waals surface area contributed by atoms with Crippen molar-refractivity contribution in [3.63, 3.8) is 0 Å². The van der Waals surface area contributed by atoms with Gasteiger partial charge in [0.2, 0.25) is 0 Å². The molecule has 2 saturated carbocycles. The maximum Gasteiger partial charge on any atom is 0.293 e. The first kappa shape index (κ1) is 52.7. The molecule has 4 aromatic carbocycles. The highest BCUT2D eigenvalue weighted by Crippen LogP contribution is 2.53. The summed E-state index contributed by atoms with van der Waals surface area (Å²) < 4.78 is 47.6. The first-order valence-electron chi connectivity index (χ1n) is 26.6. The Hall–Kier alpha value is -6.73. The number of aromatic amines is 1. The van der Waals surface area contributed by atoms with E-state index in [4.69, 9.17) is 14.2 Å². The second-order valence-corrected chi connectivity index (χ2v) is 23.7. The molecule has 76 heavy (non-hydrogen) atoms. The number of carbonyl (C=O) groups excluding carboxylic acids is 1. The molecule has 0 unspecified atom stereocenters. The minimum atomic E-state index is -4.60. The summed E-state index contributed by atoms with van der Waals surface area (Å²) in [5.74, 6) is 1.74. The van der Waals surface area contributed by atoms with E-state index in [1.807, 2.05) is 31.2 Å². The molecular weight excluding hydrogens is 985 g/mol. The Morgan fingerprint density at radius 3 is 2.42 bits per heavy atom. The molecular formula is C58H70N8O9S. The van der Waals surface area contributed by atoms with E-state index in [1.54, 1.807) is 38.6 Å². The number of H-pyrrole nitrogens is 1. The lowest BCUT2D eigenvalue weighted by molar-refractivity contribution is -0.384. The number of benzene rings is 4. The summed E-state index contributed by atoms with van der Waals surface area (Å²) in [6, 6.07) is 28.1. The third-order valence-corrected chi connectivity index (χ3v) is 18.0. The van der Waals surface area contributed by atoms with Crippen LogP contribution in [0.2, 0.25) is 0 Å². The summed E-state index contributed by atoms with van der Waals surface area (Å²) in [6.07, 6.45) is 10.3. The van der Waals surface area contributed by atoms with E-state index < -0.39 is 37.0 Å². The number of carbonyl (C=O) groups is 1. The molecule has 1 amide bonds. The van der Waals surface area contributed by atoms with Gasteiger partial charge in [-0.05, 0) is 129 Å². The molecule has 18 heteroatoms. The monoisotopic (exact) mass is 1050 g/mol. The average molecular weight is 1060 g/mol. The average Bonchev–Trinajstić information content (AvgIpc) is 3.90. The number of nitro groups is 1. The number of ether oxygens (including phenoxy) is 3. The fraction of sp³-hybridized carbons (Fsp3) is 0.448. The van der Waals surface area contributed by atoms with Crippen molar-refractivity contribution in [3.05, 3.63) is 136 Å². The van der Waals surface area contributed by atoms with Crippen molar-refractivity contribution in [2.75, 3.05) is 63.7 Å². The summed E-state index contributed by atoms with van der Waals surface area (Å²) in [7, 11) is -1.21. The van der Waals surface area contributed by atoms with E-state index in [-0.39, 0.29) is 34.4 Å². The number of pyridine rings is 1. The van der Waals surface area contributed by atoms with Crippen molar-refractivity contribution in [1.82, 2.24) is 24.5 Å². The molecule has 2 saturated heterocycles. The van der Waals surface area contributed by atoms with Gasteiger partial charge in [0.25, 0.3) is 21.6 Å². The minimum absolute atomic E-state index is 0.0344. The van der Waals surface area contributed by atoms with E-state index >= 15 is 0 Å². The molecule has 6 aromatic rings. The topological polar surface area (TPSA) is 205 Å². The normalized spacial score (nSPS) is 21.3. The van der Waals surface area contributed by atoms with Crippen LogP contribution in [0.1, 0.15) is 111 Å². The maximum atomic E-state index is 14.1. The van der Waals surface area contributed by atoms with E-state index in [0.29, 0.717) is 42.7 Å². The number of aliphatic hydroxyl groups is 1. The highest BCUT2D eigenvalue weighted by molar-refractivity contribution is 7.90. The minimum Gasteiger partial charge on any atom is -0.497 e. The van der Waals surface area contributed by atoms with Gasteiger partial charge < -0.3 is 34.5 Å². The van der Waals surface area contributed by atoms with Crippen LogP contribution in [0.25, 0.3) is 11.0 Å². The highest BCUT2D eigenvalue weighted by Gasteiger charge is 2.50. The zero-order valence-corrected chi connectivity index (χ0v) is 44.9. The molecule has 2 aliphatic carbocycles. The number of sulfonamides is 1. The Balaban J connectivity index is 0.832. The molecule has 10 rings (SSSR count). The number of anilines is 2. The molecule has 0 radical (unpaired) electrons. The maximum absolute atomic E-state index is 14.1. The van der Waals surface area contributed by atoms with Gasteiger partial charge in [-0.15, -0.1) is 0 Å². The predicted molar refractivity (Wildman–Crippen MR) is 293 cm³/mol. The van der Waals surface area contributed by atoms with Crippen molar-refractivity contribution < 1.29 is 37.5 Å². The Bertz CT molecular complexity index is 3190. The predicted octanol–water partition coefficient (Wildman–Crippen LogP) is 10.2. The molecule has 0 bridgehead atoms. The van der Waals surface area contributed by atoms with Gasteiger partial charge in [0.05, 0.1) is 41.4 Å². The second-order valence-electron chi connectivity index (χ2n) is 22.1. The van der Waals surface area contributed by atoms with Gasteiger partial charge >= 0.3 is 0 Å². The molecule has 1 atom stereocenters. The van der Waals surface area contributed by atoms with Crippen molar-refractivity contribution >= 4 is 44.0 Å². The molecule has 2 aliphatic heterocycles. The number of fused-ring (bicyclic) bond motifs is 1. The number of piperidine rings is 1. The number of nitrogens with zero attached hydrogens (tertiary/aromatic N) is 5. The Kier molecular flexibility index (Phi) is 15.1. The number of piperazine rings is 1. The van der Waals surface area contributed by atoms with Crippen molar-refractivity contribution in [2.45, 2.75) is 107 Å². The smallest absolute Gasteiger partial charge is 0.293 e. The summed E-state index contributed by atoms with van der Waals surface area (Å²) in [4.78, 5) is 40.5. The number of hydrogen-bond acceptors (Lipinski definition) is 14. The van der Waals surface area contributed by atoms with Crippen LogP contribution >= 0.6 is 0 Å². The Morgan fingerprint density at radius 1 is 0.908 bits per heavy atom. The SMILES string of the molecule is COc1ccc(CN2CCN(C3CC4(CCN(c5ccc(C(=O)NS(=O)(=O)c6ccc(NC[C@H]7CC[C@](C)(O)CC7)c([N+](=O)[O-])c6)c(Oc6cnc7[nH]ccc7c6)c5)CC4)C3)[C@@H](c3ccccc3C(C)C)C2)c(OC)c1. The van der Waals surface area contributed by atoms with E-state index in [9.17, 15) is 28.4 Å². The fourth-order valence-corrected chi connectivity index (χ4v) is 13.1. The molecule has 1 spiro atoms. The van der Waals surface area contributed by atoms with Crippen LogP contribution in [-0.2, 0) is 16.6 Å². The van der Waals surface area contributed by atoms with Crippen LogP contribution < -0.4 is 29.1 Å². The molecule has 4 fully saturated rings. The fourth-order valence-electron chi connectivity index (χ4n) is 12.2. The van der Waals surface area contributed by atoms with Gasteiger partial charge in [-0.2, -0.15) is 0 Å². The van der Waals surface area contributed by atoms with Crippen molar-refractivity contribution in [2.24, 2.45) is 11.3 Å². The summed E-state index contributed by atoms with van der Waals surface area (Å²) in [5, 5.41) is 26.5. The number of hydrogen-bond donors (Lipinski definition) is 4. The van der Waals surface area contributed by atoms with Crippen LogP contribution in [0.5, 0.6) is 23.0 Å². The van der Waals surface area contributed by atoms with Crippen LogP contribution in [0.3, 0.4) is 0 Å². The van der Waals surface area contributed by atoms with Crippen LogP contribution in [0.4, 0.5) is 17.1 Å². The number of nitro benzene ring substituents is 1. The van der Waals surface area contributed by atoms with E-state index in [0.717, 1.165) is 112 Å². The first-order chi connectivity index (χ1) is 36.5. The molecule has 402 valence electrons. The molecule has 4 heterocycles. The lowest BCUT2D eigenvalue weighted by Crippen LogP contribution is -2.60. The van der Waals surface area contributed by atoms with Gasteiger partial charge in [0, 0.05) is 98.9 Å². The number of amides is 1. The van der Waals surface area contributed by atoms with Crippen LogP contribution in [0.15, 0.2) is 108 Å². The first-order valence-corrected chi connectivity index (χ1v) is 28.1. The third-order valence-electron chi connectivity index (χ3n) is 16.6. The van der Waals surface area contributed by atoms with Gasteiger partial charge in [-0.3, -0.25) is 24.7 Å². The van der Waals surface area contributed by atoms with Crippen molar-refractivity contribution in [1.29, 1.82) is 0 Å². The summed E-state index contributed by atoms with van der Waals surface area (Å²) in [5.41, 5.74) is 4.64. The molecule has 4 aliphatic rings. The van der Waals surface area contributed by atoms with Gasteiger partial charge in [-0.1, -0.05) is 44.2 Å². The standard InChI is InChI=1S/C58H70N8O9S/c1-38(2)47-8-6-7-9-48(47)52-37-63(36-41-10-12-44(73-4)30-53(41)74-5)26-27-65(52)43-32-58(33-43)21-24-64(25-22-58)42-11-14-49(54(29-42)75-45-28-40-18-23-59-55(40)61-35-45)56(67)62-76(71,72)46-13-15-50(51(31-46)66(69)70)60-34-39-16-19-57(3,68)20-17-39/h6-15,18,23,28-31,35,38-39,43,52,60,68H,16-17,19-22,24-27,32-34,36-37H2,1-5H3,(H,59,61)(H,62,67)/t39-,52-,57-/m1/s1. The second kappa shape index (κ2) is 21.7. The van der Waals surface area contributed by atoms with Crippen LogP contribution in [0, 0.1) is 21.4 Å². The largest absolute Gasteiger partial charge is 0.497 e. The zero-order valence-electron chi connectivity index (χ0n) is 44.1. The Morgan fingerprint density at radius 2 is 1.68 bits per heavy atom. The number of aromatic nitrogens is 2. The summed E-state index contributed by atoms with van der Waals surface area (Å²) >= 11 is 0. The molecule has 2 aromatic heterocycles. The van der Waals surface area contributed by atoms with Gasteiger partial charge in [0.15, 0.2) is 0 Å². The van der Waals surface area contributed by atoms with Gasteiger partial charge in [0.1, 0.15) is 34.3 Å². The number of nitrogens with one attached hydrogen (secondary N) is 3. The number of rotatable bonds is 17. The number of methoxy groups -OCH3 is 2. The Labute approximate surface area is 445 Å². The molecule has 4 N–H and O–H groups in total. The van der Waals surface area contributed by atoms with E-state index in [1.165, 1.54) is 29.5 Å². The zero-order chi connectivity index (χ0) is 53.4. The summed E-state index contributed by atoms with van der Waals surface area (Å²) in [6.45, 7) is 12.0. The lowest BCUT2D eigenvalue weighted by atomic mass is 9.59. The lowest BCUT2D eigenvalue weighted by Gasteiger charge is -2.58. The molecule has 17 nitrogen and oxygen atoms in total. The van der Waals surface area contributed by atoms with Crippen molar-refractivity contribution in [3.8, 4) is 23.0 Å². The quantitative estimate of drug-likeness (QED) is 0.0496. The highest BCUT2D eigenvalue weighted by atomic mass is 32.2.